The summed E-state index contributed by atoms with van der Waals surface area (Å²) in [6, 6.07) is 2.61. The number of rotatable bonds is 13. The molecule has 1 aromatic rings. The lowest BCUT2D eigenvalue weighted by atomic mass is 9.96. The number of fused-ring (bicyclic) bond motifs is 12. The van der Waals surface area contributed by atoms with Gasteiger partial charge < -0.3 is 47.5 Å². The van der Waals surface area contributed by atoms with Gasteiger partial charge in [0.1, 0.15) is 23.9 Å². The first kappa shape index (κ1) is 39.2. The zero-order chi connectivity index (χ0) is 36.1. The Morgan fingerprint density at radius 2 is 1.71 bits per heavy atom. The van der Waals surface area contributed by atoms with Crippen LogP contribution >= 0.6 is 0 Å². The summed E-state index contributed by atoms with van der Waals surface area (Å²) in [5, 5.41) is 28.0. The molecule has 49 heavy (non-hydrogen) atoms. The Hall–Kier alpha value is -4.24. The lowest BCUT2D eigenvalue weighted by Gasteiger charge is -2.30. The van der Waals surface area contributed by atoms with Gasteiger partial charge in [0, 0.05) is 13.0 Å². The van der Waals surface area contributed by atoms with E-state index < -0.39 is 66.2 Å². The predicted molar refractivity (Wildman–Crippen MR) is 181 cm³/mol. The molecule has 1 fully saturated rings. The highest BCUT2D eigenvalue weighted by molar-refractivity contribution is 5.94. The van der Waals surface area contributed by atoms with E-state index in [9.17, 15) is 33.9 Å². The van der Waals surface area contributed by atoms with Gasteiger partial charge in [0.25, 0.3) is 0 Å². The van der Waals surface area contributed by atoms with E-state index in [1.54, 1.807) is 24.3 Å². The summed E-state index contributed by atoms with van der Waals surface area (Å²) in [6.45, 7) is 8.01. The van der Waals surface area contributed by atoms with Crippen molar-refractivity contribution in [3.05, 3.63) is 29.8 Å². The number of ether oxygens (including phenoxy) is 1. The van der Waals surface area contributed by atoms with Crippen LogP contribution in [0.1, 0.15) is 71.8 Å². The molecule has 3 aliphatic heterocycles. The smallest absolute Gasteiger partial charge is 0.243 e. The molecule has 3 aliphatic rings. The second-order valence-corrected chi connectivity index (χ2v) is 13.3. The predicted octanol–water partition coefficient (Wildman–Crippen LogP) is -0.852. The molecule has 0 spiro atoms. The van der Waals surface area contributed by atoms with Crippen LogP contribution in [0.2, 0.25) is 0 Å². The second kappa shape index (κ2) is 19.1. The molecule has 3 unspecified atom stereocenters. The Morgan fingerprint density at radius 3 is 2.33 bits per heavy atom. The molecule has 0 aliphatic carbocycles. The van der Waals surface area contributed by atoms with Crippen molar-refractivity contribution in [1.82, 2.24) is 31.9 Å². The quantitative estimate of drug-likeness (QED) is 0.129. The minimum atomic E-state index is -1.32. The number of benzene rings is 1. The summed E-state index contributed by atoms with van der Waals surface area (Å²) in [6.07, 6.45) is 0.896. The van der Waals surface area contributed by atoms with Crippen LogP contribution in [0, 0.1) is 11.8 Å². The Labute approximate surface area is 287 Å². The van der Waals surface area contributed by atoms with Crippen molar-refractivity contribution < 1.29 is 38.6 Å². The number of primary amides is 1. The highest BCUT2D eigenvalue weighted by atomic mass is 16.5. The lowest BCUT2D eigenvalue weighted by Crippen LogP contribution is -2.59. The maximum absolute atomic E-state index is 13.5. The lowest BCUT2D eigenvalue weighted by molar-refractivity contribution is -0.134. The fourth-order valence-electron chi connectivity index (χ4n) is 5.74. The van der Waals surface area contributed by atoms with Gasteiger partial charge in [0.05, 0.1) is 31.2 Å². The van der Waals surface area contributed by atoms with Gasteiger partial charge in [-0.1, -0.05) is 46.2 Å². The third kappa shape index (κ3) is 12.3. The average molecular weight is 688 g/mol. The monoisotopic (exact) mass is 687 g/mol. The van der Waals surface area contributed by atoms with Crippen LogP contribution in [0.25, 0.3) is 0 Å². The standard InChI is InChI=1S/C34H53N7O8/c1-5-20(4)30(41-34(48)29(19(2)3)40-31(45)23-8-6-14-36-23)33(47)37-18-26(42)24-16-21-10-12-22(13-11-21)49-15-7-9-28(44)38-25(17-27(35)43)32(46)39-24/h10-13,19-20,23-26,29-30,36,42H,5-9,14-18H2,1-4H3,(H2,35,43)(H,37,47)(H,38,44)(H,39,46)(H,40,45)(H,41,48)/t20-,23-,24?,25?,26?,29-,30-/m0/s1. The van der Waals surface area contributed by atoms with Gasteiger partial charge in [-0.2, -0.15) is 0 Å². The van der Waals surface area contributed by atoms with Crippen LogP contribution in [0.15, 0.2) is 24.3 Å². The number of nitrogens with one attached hydrogen (secondary N) is 6. The molecule has 0 saturated carbocycles. The van der Waals surface area contributed by atoms with Gasteiger partial charge >= 0.3 is 0 Å². The minimum Gasteiger partial charge on any atom is -0.494 e. The van der Waals surface area contributed by atoms with Crippen molar-refractivity contribution in [2.24, 2.45) is 17.6 Å². The van der Waals surface area contributed by atoms with Gasteiger partial charge in [-0.05, 0) is 61.8 Å². The molecule has 1 saturated heterocycles. The zero-order valence-corrected chi connectivity index (χ0v) is 28.9. The molecule has 15 nitrogen and oxygen atoms in total. The molecule has 1 aromatic carbocycles. The van der Waals surface area contributed by atoms with E-state index in [0.29, 0.717) is 25.0 Å². The summed E-state index contributed by atoms with van der Waals surface area (Å²) in [7, 11) is 0. The van der Waals surface area contributed by atoms with E-state index in [-0.39, 0.29) is 49.8 Å². The molecule has 15 heteroatoms. The Balaban J connectivity index is 1.74. The molecule has 3 heterocycles. The molecule has 9 N–H and O–H groups in total. The molecule has 0 aromatic heterocycles. The van der Waals surface area contributed by atoms with Crippen LogP contribution in [0.4, 0.5) is 0 Å². The number of carbonyl (C=O) groups is 6. The van der Waals surface area contributed by atoms with E-state index in [1.807, 2.05) is 27.7 Å². The number of hydrogen-bond acceptors (Lipinski definition) is 9. The fourth-order valence-corrected chi connectivity index (χ4v) is 5.74. The van der Waals surface area contributed by atoms with E-state index in [0.717, 1.165) is 18.5 Å². The first-order chi connectivity index (χ1) is 23.3. The summed E-state index contributed by atoms with van der Waals surface area (Å²) < 4.78 is 5.70. The highest BCUT2D eigenvalue weighted by Gasteiger charge is 2.34. The van der Waals surface area contributed by atoms with Gasteiger partial charge in [-0.25, -0.2) is 0 Å². The molecule has 0 radical (unpaired) electrons. The average Bonchev–Trinajstić information content (AvgIpc) is 3.61. The Morgan fingerprint density at radius 1 is 1.00 bits per heavy atom. The molecule has 4 rings (SSSR count). The maximum Gasteiger partial charge on any atom is 0.243 e. The number of aliphatic hydroxyl groups is 1. The number of carbonyl (C=O) groups excluding carboxylic acids is 6. The number of nitrogens with two attached hydrogens (primary N) is 1. The van der Waals surface area contributed by atoms with Crippen LogP contribution in [-0.2, 0) is 35.2 Å². The SMILES string of the molecule is CC[C@H](C)[C@H](NC(=O)[C@@H](NC(=O)[C@@H]1CCCN1)C(C)C)C(=O)NCC(O)C1Cc2ccc(cc2)OCCCC(=O)NC(CC(N)=O)C(=O)N1. The minimum absolute atomic E-state index is 0.0502. The third-order valence-electron chi connectivity index (χ3n) is 8.95. The van der Waals surface area contributed by atoms with Crippen molar-refractivity contribution in [2.75, 3.05) is 19.7 Å². The van der Waals surface area contributed by atoms with Crippen LogP contribution in [0.5, 0.6) is 5.75 Å². The number of aliphatic hydroxyl groups excluding tert-OH is 1. The van der Waals surface area contributed by atoms with Gasteiger partial charge in [-0.15, -0.1) is 0 Å². The zero-order valence-electron chi connectivity index (χ0n) is 28.9. The summed E-state index contributed by atoms with van der Waals surface area (Å²) >= 11 is 0. The summed E-state index contributed by atoms with van der Waals surface area (Å²) in [5.74, 6) is -3.24. The van der Waals surface area contributed by atoms with Crippen LogP contribution < -0.4 is 42.4 Å². The summed E-state index contributed by atoms with van der Waals surface area (Å²) in [4.78, 5) is 77.4. The molecule has 2 bridgehead atoms. The molecular weight excluding hydrogens is 634 g/mol. The number of amides is 6. The van der Waals surface area contributed by atoms with Crippen molar-refractivity contribution in [3.8, 4) is 5.75 Å². The second-order valence-electron chi connectivity index (χ2n) is 13.3. The molecule has 272 valence electrons. The van der Waals surface area contributed by atoms with Crippen molar-refractivity contribution in [1.29, 1.82) is 0 Å². The molecule has 7 atom stereocenters. The fraction of sp³-hybridized carbons (Fsp3) is 0.647. The highest BCUT2D eigenvalue weighted by Crippen LogP contribution is 2.16. The topological polar surface area (TPSA) is 230 Å². The summed E-state index contributed by atoms with van der Waals surface area (Å²) in [5.41, 5.74) is 6.10. The van der Waals surface area contributed by atoms with E-state index >= 15 is 0 Å². The molecular formula is C34H53N7O8. The van der Waals surface area contributed by atoms with Crippen molar-refractivity contribution >= 4 is 35.4 Å². The molecule has 6 amide bonds. The van der Waals surface area contributed by atoms with E-state index in [1.165, 1.54) is 0 Å². The van der Waals surface area contributed by atoms with Gasteiger partial charge in [0.2, 0.25) is 35.4 Å². The van der Waals surface area contributed by atoms with Gasteiger partial charge in [0.15, 0.2) is 0 Å². The van der Waals surface area contributed by atoms with Crippen LogP contribution in [-0.4, -0.2) is 96.6 Å². The largest absolute Gasteiger partial charge is 0.494 e. The maximum atomic E-state index is 13.5. The van der Waals surface area contributed by atoms with Gasteiger partial charge in [-0.3, -0.25) is 28.8 Å². The normalized spacial score (nSPS) is 22.6. The van der Waals surface area contributed by atoms with Crippen LogP contribution in [0.3, 0.4) is 0 Å². The number of hydrogen-bond donors (Lipinski definition) is 8. The van der Waals surface area contributed by atoms with E-state index in [2.05, 4.69) is 31.9 Å². The first-order valence-corrected chi connectivity index (χ1v) is 17.2. The Bertz CT molecular complexity index is 1300. The first-order valence-electron chi connectivity index (χ1n) is 17.2. The Kier molecular flexibility index (Phi) is 15.3. The van der Waals surface area contributed by atoms with Crippen molar-refractivity contribution in [2.45, 2.75) is 109 Å². The van der Waals surface area contributed by atoms with E-state index in [4.69, 9.17) is 10.5 Å². The van der Waals surface area contributed by atoms with Crippen molar-refractivity contribution in [3.63, 3.8) is 0 Å². The third-order valence-corrected chi connectivity index (χ3v) is 8.95.